The van der Waals surface area contributed by atoms with E-state index in [1.54, 1.807) is 19.1 Å². The Morgan fingerprint density at radius 1 is 1.29 bits per heavy atom. The van der Waals surface area contributed by atoms with Crippen molar-refractivity contribution in [1.29, 1.82) is 0 Å². The molecule has 2 N–H and O–H groups in total. The number of anilines is 1. The Labute approximate surface area is 180 Å². The topological polar surface area (TPSA) is 99.6 Å². The SMILES string of the molecule is C[C@H](O)c1cc(NC(=O)N2CCC(C(C)(F)S(=O)(=O)c3cccc(F)c3)CC2)ccn1. The van der Waals surface area contributed by atoms with Crippen molar-refractivity contribution in [3.8, 4) is 0 Å². The van der Waals surface area contributed by atoms with Crippen LogP contribution in [-0.4, -0.2) is 47.5 Å². The number of amides is 2. The molecule has 0 saturated carbocycles. The van der Waals surface area contributed by atoms with Crippen LogP contribution in [-0.2, 0) is 9.84 Å². The number of rotatable bonds is 5. The van der Waals surface area contributed by atoms with E-state index in [0.717, 1.165) is 19.1 Å². The Bertz CT molecular complexity index is 1050. The highest BCUT2D eigenvalue weighted by atomic mass is 32.2. The van der Waals surface area contributed by atoms with Crippen LogP contribution in [0.1, 0.15) is 38.5 Å². The molecule has 1 aliphatic heterocycles. The maximum atomic E-state index is 15.5. The molecule has 1 fully saturated rings. The fourth-order valence-electron chi connectivity index (χ4n) is 3.64. The molecule has 0 spiro atoms. The number of aliphatic hydroxyl groups excluding tert-OH is 1. The molecule has 1 aromatic carbocycles. The fourth-order valence-corrected chi connectivity index (χ4v) is 5.30. The summed E-state index contributed by atoms with van der Waals surface area (Å²) >= 11 is 0. The summed E-state index contributed by atoms with van der Waals surface area (Å²) in [4.78, 5) is 17.6. The quantitative estimate of drug-likeness (QED) is 0.720. The number of likely N-dealkylation sites (tertiary alicyclic amines) is 1. The first-order valence-corrected chi connectivity index (χ1v) is 11.4. The number of carbonyl (C=O) groups excluding carboxylic acids is 1. The lowest BCUT2D eigenvalue weighted by Gasteiger charge is -2.37. The number of carbonyl (C=O) groups is 1. The smallest absolute Gasteiger partial charge is 0.321 e. The molecule has 2 heterocycles. The molecule has 0 aliphatic carbocycles. The van der Waals surface area contributed by atoms with Gasteiger partial charge in [-0.25, -0.2) is 22.0 Å². The number of nitrogens with one attached hydrogen (secondary N) is 1. The largest absolute Gasteiger partial charge is 0.387 e. The van der Waals surface area contributed by atoms with E-state index in [0.29, 0.717) is 11.4 Å². The van der Waals surface area contributed by atoms with E-state index in [-0.39, 0.29) is 25.9 Å². The second-order valence-electron chi connectivity index (χ2n) is 7.78. The van der Waals surface area contributed by atoms with Crippen LogP contribution in [0.15, 0.2) is 47.5 Å². The van der Waals surface area contributed by atoms with Crippen molar-refractivity contribution >= 4 is 21.6 Å². The van der Waals surface area contributed by atoms with Gasteiger partial charge in [-0.3, -0.25) is 4.98 Å². The lowest BCUT2D eigenvalue weighted by Crippen LogP contribution is -2.48. The number of aromatic nitrogens is 1. The molecule has 1 aromatic heterocycles. The first-order chi connectivity index (χ1) is 14.5. The molecule has 168 valence electrons. The van der Waals surface area contributed by atoms with Crippen LogP contribution >= 0.6 is 0 Å². The summed E-state index contributed by atoms with van der Waals surface area (Å²) in [5.74, 6) is -1.59. The Kier molecular flexibility index (Phi) is 6.61. The van der Waals surface area contributed by atoms with Gasteiger partial charge in [-0.05, 0) is 57.0 Å². The van der Waals surface area contributed by atoms with E-state index in [1.807, 2.05) is 0 Å². The van der Waals surface area contributed by atoms with Crippen molar-refractivity contribution < 1.29 is 27.1 Å². The second-order valence-corrected chi connectivity index (χ2v) is 10.1. The average molecular weight is 454 g/mol. The molecule has 1 aliphatic rings. The molecule has 2 amide bonds. The number of hydrogen-bond donors (Lipinski definition) is 2. The molecular weight excluding hydrogens is 428 g/mol. The number of halogens is 2. The maximum absolute atomic E-state index is 15.5. The van der Waals surface area contributed by atoms with Crippen LogP contribution in [0, 0.1) is 11.7 Å². The Morgan fingerprint density at radius 3 is 2.58 bits per heavy atom. The van der Waals surface area contributed by atoms with Gasteiger partial charge in [0.1, 0.15) is 5.82 Å². The zero-order valence-corrected chi connectivity index (χ0v) is 18.1. The van der Waals surface area contributed by atoms with E-state index in [4.69, 9.17) is 0 Å². The number of hydrogen-bond acceptors (Lipinski definition) is 5. The van der Waals surface area contributed by atoms with Gasteiger partial charge in [0.15, 0.2) is 0 Å². The third kappa shape index (κ3) is 4.85. The lowest BCUT2D eigenvalue weighted by atomic mass is 9.92. The van der Waals surface area contributed by atoms with Crippen LogP contribution in [0.2, 0.25) is 0 Å². The molecule has 31 heavy (non-hydrogen) atoms. The summed E-state index contributed by atoms with van der Waals surface area (Å²) in [6.07, 6.45) is 0.972. The number of aliphatic hydroxyl groups is 1. The van der Waals surface area contributed by atoms with Gasteiger partial charge < -0.3 is 15.3 Å². The highest BCUT2D eigenvalue weighted by Gasteiger charge is 2.48. The normalized spacial score (nSPS) is 18.3. The standard InChI is InChI=1S/C21H25F2N3O4S/c1-14(27)19-13-17(6-9-24-19)25-20(28)26-10-7-15(8-11-26)21(2,23)31(29,30)18-5-3-4-16(22)12-18/h3-6,9,12-15,27H,7-8,10-11H2,1-2H3,(H,24,25,28)/t14-,21?/m0/s1. The number of alkyl halides is 1. The summed E-state index contributed by atoms with van der Waals surface area (Å²) in [5.41, 5.74) is 0.870. The minimum atomic E-state index is -4.42. The molecule has 2 atom stereocenters. The van der Waals surface area contributed by atoms with Crippen molar-refractivity contribution in [2.75, 3.05) is 18.4 Å². The summed E-state index contributed by atoms with van der Waals surface area (Å²) < 4.78 is 54.5. The third-order valence-electron chi connectivity index (χ3n) is 5.60. The minimum Gasteiger partial charge on any atom is -0.387 e. The van der Waals surface area contributed by atoms with Crippen LogP contribution < -0.4 is 5.32 Å². The van der Waals surface area contributed by atoms with E-state index in [1.165, 1.54) is 23.2 Å². The minimum absolute atomic E-state index is 0.143. The molecule has 0 radical (unpaired) electrons. The van der Waals surface area contributed by atoms with Gasteiger partial charge in [0.05, 0.1) is 16.7 Å². The highest BCUT2D eigenvalue weighted by Crippen LogP contribution is 2.39. The van der Waals surface area contributed by atoms with Crippen molar-refractivity contribution in [2.45, 2.75) is 42.7 Å². The molecule has 2 aromatic rings. The summed E-state index contributed by atoms with van der Waals surface area (Å²) in [7, 11) is -4.42. The zero-order chi connectivity index (χ0) is 22.8. The second kappa shape index (κ2) is 8.88. The summed E-state index contributed by atoms with van der Waals surface area (Å²) in [5, 5.41) is 9.72. The van der Waals surface area contributed by atoms with Gasteiger partial charge in [0.25, 0.3) is 0 Å². The number of urea groups is 1. The van der Waals surface area contributed by atoms with Crippen LogP contribution in [0.5, 0.6) is 0 Å². The number of benzene rings is 1. The van der Waals surface area contributed by atoms with E-state index in [9.17, 15) is 22.7 Å². The Balaban J connectivity index is 1.65. The van der Waals surface area contributed by atoms with E-state index >= 15 is 4.39 Å². The van der Waals surface area contributed by atoms with Gasteiger partial charge in [-0.1, -0.05) is 6.07 Å². The number of sulfone groups is 1. The lowest BCUT2D eigenvalue weighted by molar-refractivity contribution is 0.117. The zero-order valence-electron chi connectivity index (χ0n) is 17.3. The Morgan fingerprint density at radius 2 is 1.97 bits per heavy atom. The van der Waals surface area contributed by atoms with E-state index in [2.05, 4.69) is 10.3 Å². The average Bonchev–Trinajstić information content (AvgIpc) is 2.74. The number of nitrogens with zero attached hydrogens (tertiary/aromatic N) is 2. The highest BCUT2D eigenvalue weighted by molar-refractivity contribution is 7.92. The van der Waals surface area contributed by atoms with Gasteiger partial charge in [0, 0.05) is 30.9 Å². The molecule has 1 saturated heterocycles. The van der Waals surface area contributed by atoms with E-state index < -0.39 is 43.6 Å². The predicted octanol–water partition coefficient (Wildman–Crippen LogP) is 3.68. The first kappa shape index (κ1) is 23.1. The van der Waals surface area contributed by atoms with Crippen molar-refractivity contribution in [1.82, 2.24) is 9.88 Å². The molecule has 0 bridgehead atoms. The van der Waals surface area contributed by atoms with Crippen molar-refractivity contribution in [3.05, 3.63) is 54.1 Å². The molecule has 10 heteroatoms. The van der Waals surface area contributed by atoms with Crippen molar-refractivity contribution in [2.24, 2.45) is 5.92 Å². The Hall–Kier alpha value is -2.59. The van der Waals surface area contributed by atoms with Crippen LogP contribution in [0.4, 0.5) is 19.3 Å². The van der Waals surface area contributed by atoms with Crippen molar-refractivity contribution in [3.63, 3.8) is 0 Å². The first-order valence-electron chi connectivity index (χ1n) is 9.91. The molecule has 7 nitrogen and oxygen atoms in total. The fraction of sp³-hybridized carbons (Fsp3) is 0.429. The predicted molar refractivity (Wildman–Crippen MR) is 111 cm³/mol. The molecular formula is C21H25F2N3O4S. The van der Waals surface area contributed by atoms with Gasteiger partial charge in [-0.15, -0.1) is 0 Å². The van der Waals surface area contributed by atoms with Gasteiger partial charge in [0.2, 0.25) is 14.8 Å². The van der Waals surface area contributed by atoms with Gasteiger partial charge in [-0.2, -0.15) is 0 Å². The van der Waals surface area contributed by atoms with Gasteiger partial charge >= 0.3 is 6.03 Å². The maximum Gasteiger partial charge on any atom is 0.321 e. The molecule has 3 rings (SSSR count). The number of pyridine rings is 1. The molecule has 1 unspecified atom stereocenters. The van der Waals surface area contributed by atoms with Crippen LogP contribution in [0.25, 0.3) is 0 Å². The third-order valence-corrected chi connectivity index (χ3v) is 7.86. The summed E-state index contributed by atoms with van der Waals surface area (Å²) in [6.45, 7) is 2.90. The monoisotopic (exact) mass is 453 g/mol. The number of piperidine rings is 1. The summed E-state index contributed by atoms with van der Waals surface area (Å²) in [6, 6.07) is 7.04. The van der Waals surface area contributed by atoms with Crippen LogP contribution in [0.3, 0.4) is 0 Å².